The SMILES string of the molecule is O=C(CCN1C(=O)c2ccccc2C1=O)NCCNC(=O)c1ccccn1. The summed E-state index contributed by atoms with van der Waals surface area (Å²) in [6, 6.07) is 11.6. The number of nitrogens with zero attached hydrogens (tertiary/aromatic N) is 2. The number of amides is 4. The predicted octanol–water partition coefficient (Wildman–Crippen LogP) is 0.614. The second kappa shape index (κ2) is 8.22. The zero-order chi connectivity index (χ0) is 19.2. The minimum atomic E-state index is -0.383. The van der Waals surface area contributed by atoms with Gasteiger partial charge in [0.25, 0.3) is 17.7 Å². The smallest absolute Gasteiger partial charge is 0.269 e. The normalized spacial score (nSPS) is 12.7. The van der Waals surface area contributed by atoms with E-state index in [1.807, 2.05) is 0 Å². The Hall–Kier alpha value is -3.55. The zero-order valence-electron chi connectivity index (χ0n) is 14.5. The Morgan fingerprint density at radius 2 is 1.52 bits per heavy atom. The number of aromatic nitrogens is 1. The van der Waals surface area contributed by atoms with Gasteiger partial charge in [0.15, 0.2) is 0 Å². The standard InChI is InChI=1S/C19H18N4O4/c24-16(21-10-11-22-17(25)15-7-3-4-9-20-15)8-12-23-18(26)13-5-1-2-6-14(13)19(23)27/h1-7,9H,8,10-12H2,(H,21,24)(H,22,25). The van der Waals surface area contributed by atoms with Crippen LogP contribution in [0.25, 0.3) is 0 Å². The maximum atomic E-state index is 12.2. The lowest BCUT2D eigenvalue weighted by Crippen LogP contribution is -2.37. The van der Waals surface area contributed by atoms with Gasteiger partial charge >= 0.3 is 0 Å². The first-order valence-electron chi connectivity index (χ1n) is 8.49. The van der Waals surface area contributed by atoms with Crippen molar-refractivity contribution in [1.29, 1.82) is 0 Å². The van der Waals surface area contributed by atoms with Gasteiger partial charge in [-0.2, -0.15) is 0 Å². The van der Waals surface area contributed by atoms with Crippen LogP contribution in [0.15, 0.2) is 48.7 Å². The van der Waals surface area contributed by atoms with Crippen LogP contribution in [-0.2, 0) is 4.79 Å². The van der Waals surface area contributed by atoms with Gasteiger partial charge in [-0.25, -0.2) is 0 Å². The monoisotopic (exact) mass is 366 g/mol. The van der Waals surface area contributed by atoms with E-state index in [1.165, 1.54) is 6.20 Å². The molecule has 1 aromatic carbocycles. The lowest BCUT2D eigenvalue weighted by atomic mass is 10.1. The van der Waals surface area contributed by atoms with Crippen molar-refractivity contribution in [3.8, 4) is 0 Å². The van der Waals surface area contributed by atoms with Gasteiger partial charge in [0, 0.05) is 32.3 Å². The van der Waals surface area contributed by atoms with Gasteiger partial charge in [-0.3, -0.25) is 29.1 Å². The number of pyridine rings is 1. The Bertz CT molecular complexity index is 847. The van der Waals surface area contributed by atoms with Crippen LogP contribution >= 0.6 is 0 Å². The highest BCUT2D eigenvalue weighted by atomic mass is 16.2. The predicted molar refractivity (Wildman–Crippen MR) is 96.0 cm³/mol. The lowest BCUT2D eigenvalue weighted by molar-refractivity contribution is -0.121. The molecule has 3 rings (SSSR count). The molecule has 0 bridgehead atoms. The molecule has 138 valence electrons. The number of hydrogen-bond acceptors (Lipinski definition) is 5. The Morgan fingerprint density at radius 3 is 2.15 bits per heavy atom. The van der Waals surface area contributed by atoms with Crippen molar-refractivity contribution in [2.24, 2.45) is 0 Å². The summed E-state index contributed by atoms with van der Waals surface area (Å²) < 4.78 is 0. The average molecular weight is 366 g/mol. The molecule has 0 aliphatic carbocycles. The molecule has 0 saturated carbocycles. The van der Waals surface area contributed by atoms with Gasteiger partial charge in [0.2, 0.25) is 5.91 Å². The minimum Gasteiger partial charge on any atom is -0.354 e. The number of fused-ring (bicyclic) bond motifs is 1. The first kappa shape index (κ1) is 18.2. The second-order valence-electron chi connectivity index (χ2n) is 5.88. The Labute approximate surface area is 155 Å². The Balaban J connectivity index is 1.39. The number of benzene rings is 1. The summed E-state index contributed by atoms with van der Waals surface area (Å²) in [7, 11) is 0. The van der Waals surface area contributed by atoms with Crippen molar-refractivity contribution in [3.05, 3.63) is 65.5 Å². The van der Waals surface area contributed by atoms with Crippen molar-refractivity contribution in [1.82, 2.24) is 20.5 Å². The van der Waals surface area contributed by atoms with E-state index in [9.17, 15) is 19.2 Å². The number of hydrogen-bond donors (Lipinski definition) is 2. The quantitative estimate of drug-likeness (QED) is 0.551. The van der Waals surface area contributed by atoms with Crippen LogP contribution in [-0.4, -0.2) is 53.1 Å². The molecule has 0 unspecified atom stereocenters. The van der Waals surface area contributed by atoms with Gasteiger partial charge in [-0.15, -0.1) is 0 Å². The molecule has 0 atom stereocenters. The molecule has 2 N–H and O–H groups in total. The van der Waals surface area contributed by atoms with Crippen LogP contribution < -0.4 is 10.6 Å². The molecule has 0 spiro atoms. The van der Waals surface area contributed by atoms with Crippen molar-refractivity contribution in [2.75, 3.05) is 19.6 Å². The summed E-state index contributed by atoms with van der Waals surface area (Å²) in [5.74, 6) is -1.40. The fraction of sp³-hybridized carbons (Fsp3) is 0.211. The molecular formula is C19H18N4O4. The molecule has 2 aromatic rings. The van der Waals surface area contributed by atoms with Gasteiger partial charge in [-0.05, 0) is 24.3 Å². The van der Waals surface area contributed by atoms with Crippen molar-refractivity contribution in [3.63, 3.8) is 0 Å². The topological polar surface area (TPSA) is 108 Å². The molecular weight excluding hydrogens is 348 g/mol. The summed E-state index contributed by atoms with van der Waals surface area (Å²) in [5.41, 5.74) is 1.02. The molecule has 27 heavy (non-hydrogen) atoms. The number of imide groups is 1. The summed E-state index contributed by atoms with van der Waals surface area (Å²) in [6.45, 7) is 0.492. The third kappa shape index (κ3) is 4.17. The van der Waals surface area contributed by atoms with Crippen LogP contribution in [0.5, 0.6) is 0 Å². The van der Waals surface area contributed by atoms with Crippen LogP contribution in [0.4, 0.5) is 0 Å². The molecule has 8 heteroatoms. The van der Waals surface area contributed by atoms with E-state index in [2.05, 4.69) is 15.6 Å². The van der Waals surface area contributed by atoms with Crippen molar-refractivity contribution >= 4 is 23.6 Å². The number of nitrogens with one attached hydrogen (secondary N) is 2. The molecule has 4 amide bonds. The van der Waals surface area contributed by atoms with Crippen LogP contribution in [0, 0.1) is 0 Å². The minimum absolute atomic E-state index is 0.000341. The van der Waals surface area contributed by atoms with E-state index in [4.69, 9.17) is 0 Å². The van der Waals surface area contributed by atoms with Gasteiger partial charge < -0.3 is 10.6 Å². The first-order valence-corrected chi connectivity index (χ1v) is 8.49. The van der Waals surface area contributed by atoms with Crippen LogP contribution in [0.3, 0.4) is 0 Å². The molecule has 2 heterocycles. The molecule has 1 aromatic heterocycles. The van der Waals surface area contributed by atoms with Gasteiger partial charge in [0.05, 0.1) is 11.1 Å². The fourth-order valence-electron chi connectivity index (χ4n) is 2.71. The van der Waals surface area contributed by atoms with E-state index >= 15 is 0 Å². The van der Waals surface area contributed by atoms with Crippen LogP contribution in [0.2, 0.25) is 0 Å². The summed E-state index contributed by atoms with van der Waals surface area (Å²) in [6.07, 6.45) is 1.52. The fourth-order valence-corrected chi connectivity index (χ4v) is 2.71. The molecule has 0 fully saturated rings. The average Bonchev–Trinajstić information content (AvgIpc) is 2.94. The van der Waals surface area contributed by atoms with Gasteiger partial charge in [0.1, 0.15) is 5.69 Å². The molecule has 0 saturated heterocycles. The van der Waals surface area contributed by atoms with E-state index in [0.717, 1.165) is 4.90 Å². The second-order valence-corrected chi connectivity index (χ2v) is 5.88. The van der Waals surface area contributed by atoms with E-state index in [0.29, 0.717) is 16.8 Å². The first-order chi connectivity index (χ1) is 13.1. The highest BCUT2D eigenvalue weighted by Gasteiger charge is 2.34. The van der Waals surface area contributed by atoms with Gasteiger partial charge in [-0.1, -0.05) is 18.2 Å². The van der Waals surface area contributed by atoms with E-state index in [-0.39, 0.29) is 49.7 Å². The number of carbonyl (C=O) groups is 4. The van der Waals surface area contributed by atoms with E-state index in [1.54, 1.807) is 42.5 Å². The Kier molecular flexibility index (Phi) is 5.55. The zero-order valence-corrected chi connectivity index (χ0v) is 14.5. The highest BCUT2D eigenvalue weighted by Crippen LogP contribution is 2.22. The van der Waals surface area contributed by atoms with Crippen LogP contribution in [0.1, 0.15) is 37.6 Å². The maximum absolute atomic E-state index is 12.2. The lowest BCUT2D eigenvalue weighted by Gasteiger charge is -2.13. The molecule has 8 nitrogen and oxygen atoms in total. The summed E-state index contributed by atoms with van der Waals surface area (Å²) >= 11 is 0. The Morgan fingerprint density at radius 1 is 0.889 bits per heavy atom. The largest absolute Gasteiger partial charge is 0.354 e. The highest BCUT2D eigenvalue weighted by molar-refractivity contribution is 6.21. The number of carbonyl (C=O) groups excluding carboxylic acids is 4. The summed E-state index contributed by atoms with van der Waals surface area (Å²) in [5, 5.41) is 5.28. The van der Waals surface area contributed by atoms with Crippen molar-refractivity contribution in [2.45, 2.75) is 6.42 Å². The van der Waals surface area contributed by atoms with E-state index < -0.39 is 0 Å². The molecule has 1 aliphatic rings. The maximum Gasteiger partial charge on any atom is 0.269 e. The molecule has 0 radical (unpaired) electrons. The van der Waals surface area contributed by atoms with Crippen molar-refractivity contribution < 1.29 is 19.2 Å². The third-order valence-electron chi connectivity index (χ3n) is 4.07. The number of rotatable bonds is 7. The summed E-state index contributed by atoms with van der Waals surface area (Å²) in [4.78, 5) is 53.1. The molecule has 1 aliphatic heterocycles. The third-order valence-corrected chi connectivity index (χ3v) is 4.07.